The van der Waals surface area contributed by atoms with Gasteiger partial charge in [-0.25, -0.2) is 0 Å². The smallest absolute Gasteiger partial charge is 0.185 e. The van der Waals surface area contributed by atoms with E-state index in [9.17, 15) is 4.79 Å². The number of carbonyl (C=O) groups excluding carboxylic acids is 1. The summed E-state index contributed by atoms with van der Waals surface area (Å²) < 4.78 is 5.93. The van der Waals surface area contributed by atoms with E-state index in [2.05, 4.69) is 0 Å². The Morgan fingerprint density at radius 1 is 0.327 bits per heavy atom. The molecule has 0 aliphatic heterocycles. The first-order valence-corrected chi connectivity index (χ1v) is 25.1. The maximum atomic E-state index is 11.4. The number of hydrogen-bond acceptors (Lipinski definition) is 4. The standard InChI is InChI=1S/C51H96O4/c52-45-41-37-33-29-25-21-17-13-9-5-1-3-7-11-15-19-23-27-31-35-39-43-49-47-50(48-54)55-51(49)44-40-36-32-28-24-20-16-12-8-4-2-6-10-14-18-22-26-30-34-38-42-46-53/h47-48,52-53H,1-46H2. The van der Waals surface area contributed by atoms with Crippen LogP contribution in [0.15, 0.2) is 10.5 Å². The molecule has 4 nitrogen and oxygen atoms in total. The summed E-state index contributed by atoms with van der Waals surface area (Å²) >= 11 is 0. The van der Waals surface area contributed by atoms with Crippen LogP contribution in [0, 0.1) is 0 Å². The van der Waals surface area contributed by atoms with E-state index in [1.807, 2.05) is 6.07 Å². The average molecular weight is 773 g/mol. The predicted octanol–water partition coefficient (Wildman–Crippen LogP) is 16.5. The second-order valence-corrected chi connectivity index (χ2v) is 17.5. The van der Waals surface area contributed by atoms with Crippen LogP contribution in [0.3, 0.4) is 0 Å². The Morgan fingerprint density at radius 2 is 0.545 bits per heavy atom. The molecule has 0 amide bonds. The van der Waals surface area contributed by atoms with Crippen LogP contribution in [-0.4, -0.2) is 29.7 Å². The van der Waals surface area contributed by atoms with E-state index in [-0.39, 0.29) is 0 Å². The molecule has 0 bridgehead atoms. The Labute approximate surface area is 343 Å². The third kappa shape index (κ3) is 36.9. The molecule has 1 aromatic rings. The molecule has 0 radical (unpaired) electrons. The van der Waals surface area contributed by atoms with E-state index in [0.717, 1.165) is 37.7 Å². The van der Waals surface area contributed by atoms with Crippen molar-refractivity contribution in [1.29, 1.82) is 0 Å². The predicted molar refractivity (Wildman–Crippen MR) is 240 cm³/mol. The Morgan fingerprint density at radius 3 is 0.782 bits per heavy atom. The van der Waals surface area contributed by atoms with E-state index in [1.165, 1.54) is 262 Å². The lowest BCUT2D eigenvalue weighted by atomic mass is 10.0. The molecular formula is C51H96O4. The van der Waals surface area contributed by atoms with E-state index < -0.39 is 0 Å². The van der Waals surface area contributed by atoms with Gasteiger partial charge < -0.3 is 14.6 Å². The molecule has 0 saturated heterocycles. The van der Waals surface area contributed by atoms with Gasteiger partial charge in [-0.3, -0.25) is 4.79 Å². The zero-order chi connectivity index (χ0) is 39.4. The monoisotopic (exact) mass is 773 g/mol. The first kappa shape index (κ1) is 51.9. The number of unbranched alkanes of at least 4 members (excludes halogenated alkanes) is 40. The van der Waals surface area contributed by atoms with Gasteiger partial charge in [0.05, 0.1) is 0 Å². The minimum Gasteiger partial charge on any atom is -0.458 e. The Balaban J connectivity index is 1.86. The fourth-order valence-electron chi connectivity index (χ4n) is 8.51. The maximum absolute atomic E-state index is 11.4. The van der Waals surface area contributed by atoms with E-state index >= 15 is 0 Å². The van der Waals surface area contributed by atoms with Crippen molar-refractivity contribution in [2.75, 3.05) is 13.2 Å². The lowest BCUT2D eigenvalue weighted by molar-refractivity contribution is 0.109. The molecule has 1 rings (SSSR count). The molecule has 0 atom stereocenters. The maximum Gasteiger partial charge on any atom is 0.185 e. The number of rotatable bonds is 47. The number of aldehydes is 1. The topological polar surface area (TPSA) is 70.7 Å². The molecule has 0 aliphatic carbocycles. The highest BCUT2D eigenvalue weighted by molar-refractivity contribution is 5.71. The van der Waals surface area contributed by atoms with Gasteiger partial charge in [0, 0.05) is 19.6 Å². The minimum atomic E-state index is 0.361. The molecular weight excluding hydrogens is 677 g/mol. The Bertz CT molecular complexity index is 813. The van der Waals surface area contributed by atoms with Gasteiger partial charge >= 0.3 is 0 Å². The highest BCUT2D eigenvalue weighted by Crippen LogP contribution is 2.22. The summed E-state index contributed by atoms with van der Waals surface area (Å²) in [6.07, 6.45) is 59.9. The number of carbonyl (C=O) groups is 1. The van der Waals surface area contributed by atoms with Crippen LogP contribution in [0.5, 0.6) is 0 Å². The number of aryl methyl sites for hydroxylation is 2. The summed E-state index contributed by atoms with van der Waals surface area (Å²) in [7, 11) is 0. The second-order valence-electron chi connectivity index (χ2n) is 17.5. The summed E-state index contributed by atoms with van der Waals surface area (Å²) in [5, 5.41) is 17.7. The minimum absolute atomic E-state index is 0.361. The van der Waals surface area contributed by atoms with Gasteiger partial charge in [-0.2, -0.15) is 0 Å². The van der Waals surface area contributed by atoms with Gasteiger partial charge in [0.1, 0.15) is 5.76 Å². The van der Waals surface area contributed by atoms with Crippen LogP contribution in [0.25, 0.3) is 0 Å². The first-order chi connectivity index (χ1) is 27.3. The fourth-order valence-corrected chi connectivity index (χ4v) is 8.51. The van der Waals surface area contributed by atoms with Gasteiger partial charge in [0.15, 0.2) is 12.0 Å². The normalized spacial score (nSPS) is 11.6. The highest BCUT2D eigenvalue weighted by Gasteiger charge is 2.11. The largest absolute Gasteiger partial charge is 0.458 e. The van der Waals surface area contributed by atoms with Crippen molar-refractivity contribution < 1.29 is 19.4 Å². The van der Waals surface area contributed by atoms with E-state index in [1.54, 1.807) is 0 Å². The quantitative estimate of drug-likeness (QED) is 0.0511. The molecule has 4 heteroatoms. The average Bonchev–Trinajstić information content (AvgIpc) is 3.60. The second kappa shape index (κ2) is 44.0. The summed E-state index contributed by atoms with van der Waals surface area (Å²) in [5.74, 6) is 1.60. The highest BCUT2D eigenvalue weighted by atomic mass is 16.3. The third-order valence-corrected chi connectivity index (χ3v) is 12.2. The molecule has 0 fully saturated rings. The number of furan rings is 1. The van der Waals surface area contributed by atoms with Crippen LogP contribution in [-0.2, 0) is 12.8 Å². The van der Waals surface area contributed by atoms with Crippen molar-refractivity contribution >= 4 is 6.29 Å². The molecule has 0 aliphatic rings. The van der Waals surface area contributed by atoms with Gasteiger partial charge in [0.2, 0.25) is 0 Å². The zero-order valence-corrected chi connectivity index (χ0v) is 36.9. The molecule has 55 heavy (non-hydrogen) atoms. The van der Waals surface area contributed by atoms with E-state index in [0.29, 0.717) is 19.0 Å². The van der Waals surface area contributed by atoms with Crippen molar-refractivity contribution in [2.45, 2.75) is 283 Å². The van der Waals surface area contributed by atoms with Crippen LogP contribution < -0.4 is 0 Å². The van der Waals surface area contributed by atoms with Gasteiger partial charge in [0.25, 0.3) is 0 Å². The van der Waals surface area contributed by atoms with Crippen molar-refractivity contribution in [2.24, 2.45) is 0 Å². The van der Waals surface area contributed by atoms with Crippen LogP contribution in [0.2, 0.25) is 0 Å². The Kier molecular flexibility index (Phi) is 41.5. The van der Waals surface area contributed by atoms with Crippen LogP contribution in [0.1, 0.15) is 292 Å². The SMILES string of the molecule is O=Cc1cc(CCCCCCCCCCCCCCCCCCCCCCCO)c(CCCCCCCCCCCCCCCCCCCCCCCO)o1. The lowest BCUT2D eigenvalue weighted by Gasteiger charge is -2.05. The number of hydrogen-bond donors (Lipinski definition) is 2. The molecule has 0 unspecified atom stereocenters. The van der Waals surface area contributed by atoms with Crippen LogP contribution in [0.4, 0.5) is 0 Å². The summed E-state index contributed by atoms with van der Waals surface area (Å²) in [6, 6.07) is 2.01. The molecule has 324 valence electrons. The van der Waals surface area contributed by atoms with Gasteiger partial charge in [-0.1, -0.05) is 244 Å². The van der Waals surface area contributed by atoms with Crippen LogP contribution >= 0.6 is 0 Å². The van der Waals surface area contributed by atoms with Gasteiger partial charge in [-0.15, -0.1) is 0 Å². The molecule has 0 spiro atoms. The fraction of sp³-hybridized carbons (Fsp3) is 0.902. The number of aliphatic hydroxyl groups excluding tert-OH is 2. The summed E-state index contributed by atoms with van der Waals surface area (Å²) in [6.45, 7) is 0.722. The molecule has 2 N–H and O–H groups in total. The molecule has 0 aromatic carbocycles. The van der Waals surface area contributed by atoms with E-state index in [4.69, 9.17) is 14.6 Å². The van der Waals surface area contributed by atoms with Crippen molar-refractivity contribution in [3.63, 3.8) is 0 Å². The van der Waals surface area contributed by atoms with Crippen molar-refractivity contribution in [3.8, 4) is 0 Å². The molecule has 0 saturated carbocycles. The lowest BCUT2D eigenvalue weighted by Crippen LogP contribution is -1.92. The Hall–Kier alpha value is -1.13. The molecule has 1 aromatic heterocycles. The third-order valence-electron chi connectivity index (χ3n) is 12.2. The summed E-state index contributed by atoms with van der Waals surface area (Å²) in [4.78, 5) is 11.4. The number of aliphatic hydroxyl groups is 2. The zero-order valence-electron chi connectivity index (χ0n) is 36.9. The summed E-state index contributed by atoms with van der Waals surface area (Å²) in [5.41, 5.74) is 1.29. The molecule has 1 heterocycles. The first-order valence-electron chi connectivity index (χ1n) is 25.1. The van der Waals surface area contributed by atoms with Crippen molar-refractivity contribution in [3.05, 3.63) is 23.2 Å². The van der Waals surface area contributed by atoms with Gasteiger partial charge in [-0.05, 0) is 43.7 Å². The van der Waals surface area contributed by atoms with Crippen molar-refractivity contribution in [1.82, 2.24) is 0 Å².